The van der Waals surface area contributed by atoms with E-state index in [2.05, 4.69) is 49.5 Å². The van der Waals surface area contributed by atoms with Crippen molar-refractivity contribution in [1.82, 2.24) is 0 Å². The fourth-order valence-electron chi connectivity index (χ4n) is 4.05. The number of ether oxygens (including phenoxy) is 1. The standard InChI is InChI=1S/C29H32NO3P/c1-3-4-5-16-34(32)20-22-8-13-27(14-9-22)30-29(31)24-12-15-28-25(17-24)18-26(19-33-28)23-10-6-21(2)7-11-23/h6-15,17-18,34H,3-5,16,19-20H2,1-2H3,(H,30,31). The molecule has 1 amide bonds. The molecule has 176 valence electrons. The Bertz CT molecular complexity index is 1200. The molecule has 3 aromatic rings. The first-order valence-corrected chi connectivity index (χ1v) is 13.8. The molecule has 0 aromatic heterocycles. The molecular formula is C29H32NO3P. The van der Waals surface area contributed by atoms with Gasteiger partial charge in [0, 0.05) is 23.0 Å². The summed E-state index contributed by atoms with van der Waals surface area (Å²) in [4.78, 5) is 12.9. The van der Waals surface area contributed by atoms with E-state index in [1.807, 2.05) is 36.4 Å². The Morgan fingerprint density at radius 3 is 2.50 bits per heavy atom. The largest absolute Gasteiger partial charge is 0.488 e. The summed E-state index contributed by atoms with van der Waals surface area (Å²) in [5.74, 6) is 0.616. The molecule has 0 fully saturated rings. The van der Waals surface area contributed by atoms with Gasteiger partial charge in [-0.05, 0) is 72.6 Å². The van der Waals surface area contributed by atoms with Gasteiger partial charge in [0.05, 0.1) is 7.80 Å². The van der Waals surface area contributed by atoms with Gasteiger partial charge in [-0.3, -0.25) is 4.79 Å². The Morgan fingerprint density at radius 2 is 1.76 bits per heavy atom. The number of carbonyl (C=O) groups excluding carboxylic acids is 1. The smallest absolute Gasteiger partial charge is 0.255 e. The van der Waals surface area contributed by atoms with E-state index in [0.29, 0.717) is 18.3 Å². The van der Waals surface area contributed by atoms with Crippen molar-refractivity contribution in [3.05, 3.63) is 94.5 Å². The van der Waals surface area contributed by atoms with E-state index in [1.165, 1.54) is 5.56 Å². The maximum atomic E-state index is 12.9. The van der Waals surface area contributed by atoms with Crippen molar-refractivity contribution >= 4 is 31.0 Å². The van der Waals surface area contributed by atoms with Gasteiger partial charge in [-0.15, -0.1) is 0 Å². The number of amides is 1. The molecule has 1 N–H and O–H groups in total. The molecule has 1 aliphatic heterocycles. The van der Waals surface area contributed by atoms with Gasteiger partial charge < -0.3 is 14.6 Å². The monoisotopic (exact) mass is 473 g/mol. The highest BCUT2D eigenvalue weighted by atomic mass is 31.1. The molecule has 34 heavy (non-hydrogen) atoms. The molecule has 0 spiro atoms. The minimum absolute atomic E-state index is 0.167. The molecule has 0 saturated heterocycles. The van der Waals surface area contributed by atoms with Crippen LogP contribution >= 0.6 is 7.80 Å². The van der Waals surface area contributed by atoms with Crippen molar-refractivity contribution < 1.29 is 14.1 Å². The SMILES string of the molecule is CCCCC[PH](=O)Cc1ccc(NC(=O)c2ccc3c(c2)C=C(c2ccc(C)cc2)CO3)cc1. The van der Waals surface area contributed by atoms with Crippen LogP contribution in [0.1, 0.15) is 58.8 Å². The third-order valence-corrected chi connectivity index (χ3v) is 7.79. The zero-order valence-corrected chi connectivity index (χ0v) is 20.9. The van der Waals surface area contributed by atoms with E-state index in [4.69, 9.17) is 4.74 Å². The number of carbonyl (C=O) groups is 1. The fraction of sp³-hybridized carbons (Fsp3) is 0.276. The summed E-state index contributed by atoms with van der Waals surface area (Å²) >= 11 is 0. The number of rotatable bonds is 9. The number of unbranched alkanes of at least 4 members (excludes halogenated alkanes) is 2. The predicted molar refractivity (Wildman–Crippen MR) is 142 cm³/mol. The molecule has 5 heteroatoms. The summed E-state index contributed by atoms with van der Waals surface area (Å²) < 4.78 is 18.2. The van der Waals surface area contributed by atoms with Gasteiger partial charge in [0.1, 0.15) is 12.4 Å². The number of hydrogen-bond donors (Lipinski definition) is 1. The van der Waals surface area contributed by atoms with Gasteiger partial charge in [0.25, 0.3) is 5.91 Å². The van der Waals surface area contributed by atoms with Crippen molar-refractivity contribution in [1.29, 1.82) is 0 Å². The van der Waals surface area contributed by atoms with Gasteiger partial charge in [-0.25, -0.2) is 0 Å². The van der Waals surface area contributed by atoms with Crippen LogP contribution in [0.4, 0.5) is 5.69 Å². The molecule has 4 rings (SSSR count). The number of fused-ring (bicyclic) bond motifs is 1. The zero-order chi connectivity index (χ0) is 23.9. The van der Waals surface area contributed by atoms with Crippen LogP contribution in [0, 0.1) is 6.92 Å². The van der Waals surface area contributed by atoms with E-state index in [-0.39, 0.29) is 5.91 Å². The normalized spacial score (nSPS) is 13.4. The average Bonchev–Trinajstić information content (AvgIpc) is 2.85. The van der Waals surface area contributed by atoms with Crippen molar-refractivity contribution in [2.24, 2.45) is 0 Å². The fourth-order valence-corrected chi connectivity index (χ4v) is 5.56. The van der Waals surface area contributed by atoms with Gasteiger partial charge >= 0.3 is 0 Å². The van der Waals surface area contributed by atoms with Gasteiger partial charge in [0.15, 0.2) is 0 Å². The molecular weight excluding hydrogens is 441 g/mol. The minimum atomic E-state index is -1.58. The maximum Gasteiger partial charge on any atom is 0.255 e. The summed E-state index contributed by atoms with van der Waals surface area (Å²) in [5.41, 5.74) is 6.69. The molecule has 1 aliphatic rings. The Morgan fingerprint density at radius 1 is 1.00 bits per heavy atom. The highest BCUT2D eigenvalue weighted by molar-refractivity contribution is 7.43. The van der Waals surface area contributed by atoms with E-state index >= 15 is 0 Å². The maximum absolute atomic E-state index is 12.9. The van der Waals surface area contributed by atoms with Crippen molar-refractivity contribution in [2.75, 3.05) is 18.1 Å². The lowest BCUT2D eigenvalue weighted by molar-refractivity contribution is 0.102. The molecule has 3 aromatic carbocycles. The van der Waals surface area contributed by atoms with Gasteiger partial charge in [-0.1, -0.05) is 61.7 Å². The Hall–Kier alpha value is -3.10. The van der Waals surface area contributed by atoms with Crippen LogP contribution in [0.15, 0.2) is 66.7 Å². The van der Waals surface area contributed by atoms with Gasteiger partial charge in [-0.2, -0.15) is 0 Å². The molecule has 0 bridgehead atoms. The molecule has 1 atom stereocenters. The van der Waals surface area contributed by atoms with Crippen molar-refractivity contribution in [3.8, 4) is 5.75 Å². The highest BCUT2D eigenvalue weighted by Gasteiger charge is 2.16. The number of nitrogens with one attached hydrogen (secondary N) is 1. The summed E-state index contributed by atoms with van der Waals surface area (Å²) in [7, 11) is -1.58. The topological polar surface area (TPSA) is 55.4 Å². The number of hydrogen-bond acceptors (Lipinski definition) is 3. The number of benzene rings is 3. The third kappa shape index (κ3) is 6.27. The average molecular weight is 474 g/mol. The Kier molecular flexibility index (Phi) is 8.03. The minimum Gasteiger partial charge on any atom is -0.488 e. The van der Waals surface area contributed by atoms with E-state index in [9.17, 15) is 9.36 Å². The van der Waals surface area contributed by atoms with E-state index < -0.39 is 7.80 Å². The molecule has 4 nitrogen and oxygen atoms in total. The van der Waals surface area contributed by atoms with E-state index in [1.54, 1.807) is 6.07 Å². The highest BCUT2D eigenvalue weighted by Crippen LogP contribution is 2.32. The van der Waals surface area contributed by atoms with Crippen LogP contribution in [0.2, 0.25) is 0 Å². The quantitative estimate of drug-likeness (QED) is 0.260. The van der Waals surface area contributed by atoms with Crippen LogP contribution in [-0.2, 0) is 10.7 Å². The summed E-state index contributed by atoms with van der Waals surface area (Å²) in [6, 6.07) is 21.5. The second-order valence-corrected chi connectivity index (χ2v) is 10.8. The zero-order valence-electron chi connectivity index (χ0n) is 19.9. The van der Waals surface area contributed by atoms with E-state index in [0.717, 1.165) is 59.1 Å². The first-order chi connectivity index (χ1) is 16.5. The summed E-state index contributed by atoms with van der Waals surface area (Å²) in [6.07, 6.45) is 6.86. The first kappa shape index (κ1) is 24.0. The Balaban J connectivity index is 1.41. The van der Waals surface area contributed by atoms with Crippen LogP contribution in [-0.4, -0.2) is 18.7 Å². The molecule has 1 heterocycles. The lowest BCUT2D eigenvalue weighted by Gasteiger charge is -2.19. The van der Waals surface area contributed by atoms with Crippen molar-refractivity contribution in [3.63, 3.8) is 0 Å². The van der Waals surface area contributed by atoms with Crippen LogP contribution in [0.5, 0.6) is 5.75 Å². The molecule has 1 unspecified atom stereocenters. The van der Waals surface area contributed by atoms with Crippen LogP contribution in [0.25, 0.3) is 11.6 Å². The second-order valence-electron chi connectivity index (χ2n) is 8.90. The molecule has 0 radical (unpaired) electrons. The molecule has 0 saturated carbocycles. The van der Waals surface area contributed by atoms with Crippen LogP contribution < -0.4 is 10.1 Å². The van der Waals surface area contributed by atoms with Crippen molar-refractivity contribution in [2.45, 2.75) is 39.3 Å². The lowest BCUT2D eigenvalue weighted by Crippen LogP contribution is -2.13. The molecule has 0 aliphatic carbocycles. The number of anilines is 1. The number of aryl methyl sites for hydroxylation is 1. The first-order valence-electron chi connectivity index (χ1n) is 12.0. The lowest BCUT2D eigenvalue weighted by atomic mass is 9.98. The summed E-state index contributed by atoms with van der Waals surface area (Å²) in [6.45, 7) is 4.74. The predicted octanol–water partition coefficient (Wildman–Crippen LogP) is 7.43. The Labute approximate surface area is 202 Å². The van der Waals surface area contributed by atoms with Crippen LogP contribution in [0.3, 0.4) is 0 Å². The third-order valence-electron chi connectivity index (χ3n) is 6.08. The summed E-state index contributed by atoms with van der Waals surface area (Å²) in [5, 5.41) is 2.97. The van der Waals surface area contributed by atoms with Gasteiger partial charge in [0.2, 0.25) is 0 Å². The second kappa shape index (κ2) is 11.4.